The lowest BCUT2D eigenvalue weighted by molar-refractivity contribution is 0.693. The molecule has 1 heterocycles. The SMILES string of the molecule is CC(N)c1cnc(Cc2cccc3ccccc23)n1C. The van der Waals surface area contributed by atoms with E-state index >= 15 is 0 Å². The van der Waals surface area contributed by atoms with E-state index in [4.69, 9.17) is 5.73 Å². The Morgan fingerprint density at radius 3 is 2.65 bits per heavy atom. The maximum atomic E-state index is 5.95. The van der Waals surface area contributed by atoms with Crippen LogP contribution in [-0.2, 0) is 13.5 Å². The lowest BCUT2D eigenvalue weighted by Gasteiger charge is -2.10. The van der Waals surface area contributed by atoms with Gasteiger partial charge in [-0.3, -0.25) is 0 Å². The highest BCUT2D eigenvalue weighted by Crippen LogP contribution is 2.21. The van der Waals surface area contributed by atoms with Crippen LogP contribution in [0.1, 0.15) is 30.0 Å². The van der Waals surface area contributed by atoms with E-state index in [0.29, 0.717) is 0 Å². The fourth-order valence-electron chi connectivity index (χ4n) is 2.67. The van der Waals surface area contributed by atoms with E-state index in [9.17, 15) is 0 Å². The molecular formula is C17H19N3. The van der Waals surface area contributed by atoms with Crippen molar-refractivity contribution >= 4 is 10.8 Å². The number of hydrogen-bond acceptors (Lipinski definition) is 2. The van der Waals surface area contributed by atoms with Crippen LogP contribution in [0.3, 0.4) is 0 Å². The molecule has 0 aliphatic rings. The molecule has 0 fully saturated rings. The Morgan fingerprint density at radius 2 is 1.90 bits per heavy atom. The molecule has 0 saturated carbocycles. The third-order valence-electron chi connectivity index (χ3n) is 3.82. The molecule has 3 aromatic rings. The lowest BCUT2D eigenvalue weighted by atomic mass is 10.0. The van der Waals surface area contributed by atoms with Gasteiger partial charge in [0.15, 0.2) is 0 Å². The number of imidazole rings is 1. The van der Waals surface area contributed by atoms with Gasteiger partial charge in [0.1, 0.15) is 5.82 Å². The Kier molecular flexibility index (Phi) is 3.28. The van der Waals surface area contributed by atoms with E-state index in [-0.39, 0.29) is 6.04 Å². The minimum Gasteiger partial charge on any atom is -0.333 e. The quantitative estimate of drug-likeness (QED) is 0.790. The monoisotopic (exact) mass is 265 g/mol. The van der Waals surface area contributed by atoms with Crippen molar-refractivity contribution in [1.29, 1.82) is 0 Å². The topological polar surface area (TPSA) is 43.8 Å². The van der Waals surface area contributed by atoms with Crippen molar-refractivity contribution in [2.24, 2.45) is 12.8 Å². The molecule has 0 radical (unpaired) electrons. The summed E-state index contributed by atoms with van der Waals surface area (Å²) in [4.78, 5) is 4.52. The van der Waals surface area contributed by atoms with Crippen LogP contribution in [0.15, 0.2) is 48.7 Å². The standard InChI is InChI=1S/C17H19N3/c1-12(18)16-11-19-17(20(16)2)10-14-8-5-7-13-6-3-4-9-15(13)14/h3-9,11-12H,10,18H2,1-2H3. The first-order chi connectivity index (χ1) is 9.66. The van der Waals surface area contributed by atoms with Gasteiger partial charge in [0.2, 0.25) is 0 Å². The van der Waals surface area contributed by atoms with Gasteiger partial charge in [-0.05, 0) is 23.3 Å². The summed E-state index contributed by atoms with van der Waals surface area (Å²) in [6.07, 6.45) is 2.70. The smallest absolute Gasteiger partial charge is 0.113 e. The van der Waals surface area contributed by atoms with Gasteiger partial charge >= 0.3 is 0 Å². The first-order valence-electron chi connectivity index (χ1n) is 6.89. The molecule has 20 heavy (non-hydrogen) atoms. The predicted molar refractivity (Wildman–Crippen MR) is 82.6 cm³/mol. The molecule has 2 N–H and O–H groups in total. The molecule has 0 bridgehead atoms. The molecule has 102 valence electrons. The van der Waals surface area contributed by atoms with Crippen LogP contribution in [0.25, 0.3) is 10.8 Å². The maximum Gasteiger partial charge on any atom is 0.113 e. The molecule has 3 rings (SSSR count). The number of nitrogens with zero attached hydrogens (tertiary/aromatic N) is 2. The fourth-order valence-corrected chi connectivity index (χ4v) is 2.67. The summed E-state index contributed by atoms with van der Waals surface area (Å²) < 4.78 is 2.10. The summed E-state index contributed by atoms with van der Waals surface area (Å²) in [5.41, 5.74) is 8.32. The molecule has 0 saturated heterocycles. The Balaban J connectivity index is 2.02. The number of hydrogen-bond donors (Lipinski definition) is 1. The first kappa shape index (κ1) is 12.9. The van der Waals surface area contributed by atoms with Gasteiger partial charge in [-0.15, -0.1) is 0 Å². The van der Waals surface area contributed by atoms with Gasteiger partial charge in [-0.25, -0.2) is 4.98 Å². The second-order valence-electron chi connectivity index (χ2n) is 5.26. The van der Waals surface area contributed by atoms with Crippen LogP contribution in [0.4, 0.5) is 0 Å². The van der Waals surface area contributed by atoms with Crippen molar-refractivity contribution in [3.63, 3.8) is 0 Å². The zero-order valence-electron chi connectivity index (χ0n) is 11.9. The van der Waals surface area contributed by atoms with Crippen LogP contribution in [0.5, 0.6) is 0 Å². The summed E-state index contributed by atoms with van der Waals surface area (Å²) in [7, 11) is 2.03. The Bertz CT molecular complexity index is 736. The van der Waals surface area contributed by atoms with E-state index in [2.05, 4.69) is 52.0 Å². The second kappa shape index (κ2) is 5.10. The molecule has 0 amide bonds. The van der Waals surface area contributed by atoms with E-state index in [0.717, 1.165) is 17.9 Å². The molecule has 0 aliphatic carbocycles. The van der Waals surface area contributed by atoms with E-state index < -0.39 is 0 Å². The van der Waals surface area contributed by atoms with E-state index in [1.54, 1.807) is 0 Å². The van der Waals surface area contributed by atoms with Crippen molar-refractivity contribution in [2.75, 3.05) is 0 Å². The summed E-state index contributed by atoms with van der Waals surface area (Å²) in [5, 5.41) is 2.56. The molecule has 0 spiro atoms. The summed E-state index contributed by atoms with van der Waals surface area (Å²) in [6, 6.07) is 14.9. The average Bonchev–Trinajstić information content (AvgIpc) is 2.81. The number of aromatic nitrogens is 2. The predicted octanol–water partition coefficient (Wildman–Crippen LogP) is 3.18. The average molecular weight is 265 g/mol. The van der Waals surface area contributed by atoms with Crippen molar-refractivity contribution < 1.29 is 0 Å². The largest absolute Gasteiger partial charge is 0.333 e. The number of benzene rings is 2. The summed E-state index contributed by atoms with van der Waals surface area (Å²) in [5.74, 6) is 1.05. The van der Waals surface area contributed by atoms with Crippen molar-refractivity contribution in [3.05, 3.63) is 65.7 Å². The van der Waals surface area contributed by atoms with Crippen LogP contribution in [0.2, 0.25) is 0 Å². The molecule has 2 aromatic carbocycles. The van der Waals surface area contributed by atoms with Gasteiger partial charge in [0.05, 0.1) is 11.9 Å². The minimum absolute atomic E-state index is 0.00812. The molecule has 1 aromatic heterocycles. The fraction of sp³-hybridized carbons (Fsp3) is 0.235. The highest BCUT2D eigenvalue weighted by molar-refractivity contribution is 5.85. The number of fused-ring (bicyclic) bond motifs is 1. The summed E-state index contributed by atoms with van der Waals surface area (Å²) >= 11 is 0. The Labute approximate surface area is 119 Å². The lowest BCUT2D eigenvalue weighted by Crippen LogP contribution is -2.11. The third kappa shape index (κ3) is 2.21. The van der Waals surface area contributed by atoms with Gasteiger partial charge in [-0.2, -0.15) is 0 Å². The minimum atomic E-state index is 0.00812. The molecule has 3 heteroatoms. The highest BCUT2D eigenvalue weighted by atomic mass is 15.1. The Hall–Kier alpha value is -2.13. The first-order valence-corrected chi connectivity index (χ1v) is 6.89. The zero-order chi connectivity index (χ0) is 14.1. The maximum absolute atomic E-state index is 5.95. The second-order valence-corrected chi connectivity index (χ2v) is 5.26. The van der Waals surface area contributed by atoms with Crippen LogP contribution in [0, 0.1) is 0 Å². The van der Waals surface area contributed by atoms with Crippen LogP contribution >= 0.6 is 0 Å². The zero-order valence-corrected chi connectivity index (χ0v) is 11.9. The van der Waals surface area contributed by atoms with Gasteiger partial charge < -0.3 is 10.3 Å². The van der Waals surface area contributed by atoms with E-state index in [1.165, 1.54) is 16.3 Å². The van der Waals surface area contributed by atoms with Gasteiger partial charge in [0, 0.05) is 19.5 Å². The Morgan fingerprint density at radius 1 is 1.15 bits per heavy atom. The molecular weight excluding hydrogens is 246 g/mol. The van der Waals surface area contributed by atoms with Crippen molar-refractivity contribution in [1.82, 2.24) is 9.55 Å². The van der Waals surface area contributed by atoms with Gasteiger partial charge in [-0.1, -0.05) is 42.5 Å². The molecule has 1 atom stereocenters. The van der Waals surface area contributed by atoms with Crippen LogP contribution < -0.4 is 5.73 Å². The molecule has 3 nitrogen and oxygen atoms in total. The number of nitrogens with two attached hydrogens (primary N) is 1. The highest BCUT2D eigenvalue weighted by Gasteiger charge is 2.11. The van der Waals surface area contributed by atoms with E-state index in [1.807, 2.05) is 20.2 Å². The normalized spacial score (nSPS) is 12.8. The van der Waals surface area contributed by atoms with Crippen molar-refractivity contribution in [2.45, 2.75) is 19.4 Å². The molecule has 0 aliphatic heterocycles. The van der Waals surface area contributed by atoms with Gasteiger partial charge in [0.25, 0.3) is 0 Å². The molecule has 1 unspecified atom stereocenters. The summed E-state index contributed by atoms with van der Waals surface area (Å²) in [6.45, 7) is 1.98. The van der Waals surface area contributed by atoms with Crippen LogP contribution in [-0.4, -0.2) is 9.55 Å². The third-order valence-corrected chi connectivity index (χ3v) is 3.82. The number of rotatable bonds is 3. The van der Waals surface area contributed by atoms with Crippen molar-refractivity contribution in [3.8, 4) is 0 Å².